The highest BCUT2D eigenvalue weighted by atomic mass is 35.5. The van der Waals surface area contributed by atoms with Gasteiger partial charge in [0.25, 0.3) is 15.9 Å². The zero-order valence-electron chi connectivity index (χ0n) is 21.1. The van der Waals surface area contributed by atoms with Gasteiger partial charge in [0.2, 0.25) is 0 Å². The highest BCUT2D eigenvalue weighted by Gasteiger charge is 2.27. The van der Waals surface area contributed by atoms with Gasteiger partial charge in [-0.25, -0.2) is 13.8 Å². The number of sulfonamides is 1. The van der Waals surface area contributed by atoms with E-state index in [2.05, 4.69) is 15.1 Å². The van der Waals surface area contributed by atoms with Crippen molar-refractivity contribution < 1.29 is 17.9 Å². The van der Waals surface area contributed by atoms with E-state index in [1.165, 1.54) is 25.5 Å². The Morgan fingerprint density at radius 1 is 1.03 bits per heavy atom. The lowest BCUT2D eigenvalue weighted by molar-refractivity contribution is -0.119. The summed E-state index contributed by atoms with van der Waals surface area (Å²) < 4.78 is 35.1. The monoisotopic (exact) mass is 550 g/mol. The van der Waals surface area contributed by atoms with Crippen LogP contribution in [0.25, 0.3) is 5.69 Å². The lowest BCUT2D eigenvalue weighted by atomic mass is 10.2. The van der Waals surface area contributed by atoms with Gasteiger partial charge in [-0.1, -0.05) is 29.8 Å². The van der Waals surface area contributed by atoms with Crippen molar-refractivity contribution in [1.82, 2.24) is 9.99 Å². The van der Waals surface area contributed by atoms with Crippen LogP contribution in [0.15, 0.2) is 94.9 Å². The fourth-order valence-corrected chi connectivity index (χ4v) is 5.58. The largest absolute Gasteiger partial charge is 0.497 e. The number of hydrogen-bond donors (Lipinski definition) is 1. The highest BCUT2D eigenvalue weighted by Crippen LogP contribution is 2.25. The SMILES string of the molecule is COc1ccc(S(=O)(=O)N(CC(=O)N/N=C\c2cc(C)n(-c3ccc(Cl)cc3)c2C)c2ccccc2)cc1. The number of anilines is 1. The van der Waals surface area contributed by atoms with Gasteiger partial charge in [0.05, 0.1) is 23.9 Å². The third-order valence-electron chi connectivity index (χ3n) is 5.93. The lowest BCUT2D eigenvalue weighted by Crippen LogP contribution is -2.39. The molecule has 10 heteroatoms. The van der Waals surface area contributed by atoms with Crippen LogP contribution in [0.2, 0.25) is 5.02 Å². The predicted octanol–water partition coefficient (Wildman–Crippen LogP) is 5.10. The number of halogens is 1. The van der Waals surface area contributed by atoms with E-state index in [0.717, 1.165) is 26.9 Å². The fourth-order valence-electron chi connectivity index (χ4n) is 4.03. The Morgan fingerprint density at radius 2 is 1.68 bits per heavy atom. The number of hydrogen-bond acceptors (Lipinski definition) is 5. The van der Waals surface area contributed by atoms with Gasteiger partial charge < -0.3 is 9.30 Å². The average Bonchev–Trinajstić information content (AvgIpc) is 3.20. The molecule has 0 spiro atoms. The molecule has 4 rings (SSSR count). The second-order valence-electron chi connectivity index (χ2n) is 8.45. The minimum Gasteiger partial charge on any atom is -0.497 e. The van der Waals surface area contributed by atoms with Crippen molar-refractivity contribution in [3.8, 4) is 11.4 Å². The summed E-state index contributed by atoms with van der Waals surface area (Å²) in [6.07, 6.45) is 1.54. The molecule has 0 aliphatic rings. The van der Waals surface area contributed by atoms with Crippen LogP contribution in [0.4, 0.5) is 5.69 Å². The van der Waals surface area contributed by atoms with Crippen molar-refractivity contribution in [3.63, 3.8) is 0 Å². The average molecular weight is 551 g/mol. The minimum atomic E-state index is -4.04. The van der Waals surface area contributed by atoms with Crippen LogP contribution in [0, 0.1) is 13.8 Å². The molecule has 4 aromatic rings. The van der Waals surface area contributed by atoms with Crippen LogP contribution < -0.4 is 14.5 Å². The number of ether oxygens (including phenoxy) is 1. The van der Waals surface area contributed by atoms with Crippen molar-refractivity contribution in [2.24, 2.45) is 5.10 Å². The number of nitrogens with zero attached hydrogens (tertiary/aromatic N) is 3. The Morgan fingerprint density at radius 3 is 2.32 bits per heavy atom. The summed E-state index contributed by atoms with van der Waals surface area (Å²) in [5.74, 6) is -0.0635. The normalized spacial score (nSPS) is 11.5. The maximum absolute atomic E-state index is 13.5. The summed E-state index contributed by atoms with van der Waals surface area (Å²) in [4.78, 5) is 12.9. The molecule has 1 aromatic heterocycles. The van der Waals surface area contributed by atoms with Crippen LogP contribution in [0.1, 0.15) is 17.0 Å². The first-order valence-corrected chi connectivity index (χ1v) is 13.5. The van der Waals surface area contributed by atoms with Gasteiger partial charge >= 0.3 is 0 Å². The van der Waals surface area contributed by atoms with E-state index < -0.39 is 22.5 Å². The smallest absolute Gasteiger partial charge is 0.264 e. The van der Waals surface area contributed by atoms with Crippen LogP contribution >= 0.6 is 11.6 Å². The molecule has 1 amide bonds. The number of aromatic nitrogens is 1. The van der Waals surface area contributed by atoms with E-state index in [0.29, 0.717) is 16.5 Å². The topological polar surface area (TPSA) is 93.0 Å². The second kappa shape index (κ2) is 11.5. The van der Waals surface area contributed by atoms with Crippen molar-refractivity contribution >= 4 is 39.4 Å². The molecule has 0 unspecified atom stereocenters. The summed E-state index contributed by atoms with van der Waals surface area (Å²) in [6, 6.07) is 23.9. The zero-order chi connectivity index (χ0) is 27.3. The maximum atomic E-state index is 13.5. The molecule has 0 aliphatic carbocycles. The molecule has 0 atom stereocenters. The third kappa shape index (κ3) is 5.90. The standard InChI is InChI=1S/C28H27ClN4O4S/c1-20-17-22(21(2)33(20)25-11-9-23(29)10-12-25)18-30-31-28(34)19-32(24-7-5-4-6-8-24)38(35,36)27-15-13-26(37-3)14-16-27/h4-18H,19H2,1-3H3,(H,31,34)/b30-18-. The molecular weight excluding hydrogens is 524 g/mol. The van der Waals surface area contributed by atoms with Crippen LogP contribution in [0.5, 0.6) is 5.75 Å². The Balaban J connectivity index is 1.53. The minimum absolute atomic E-state index is 0.0353. The van der Waals surface area contributed by atoms with Crippen LogP contribution in [-0.2, 0) is 14.8 Å². The van der Waals surface area contributed by atoms with E-state index in [1.807, 2.05) is 44.2 Å². The summed E-state index contributed by atoms with van der Waals surface area (Å²) in [5.41, 5.74) is 6.48. The van der Waals surface area contributed by atoms with Gasteiger partial charge in [-0.05, 0) is 80.6 Å². The number of methoxy groups -OCH3 is 1. The number of carbonyl (C=O) groups excluding carboxylic acids is 1. The number of benzene rings is 3. The third-order valence-corrected chi connectivity index (χ3v) is 7.97. The molecule has 1 heterocycles. The summed E-state index contributed by atoms with van der Waals surface area (Å²) >= 11 is 6.02. The number of carbonyl (C=O) groups is 1. The first kappa shape index (κ1) is 27.0. The molecule has 0 fully saturated rings. The van der Waals surface area contributed by atoms with Crippen LogP contribution in [0.3, 0.4) is 0 Å². The number of hydrazone groups is 1. The van der Waals surface area contributed by atoms with E-state index in [9.17, 15) is 13.2 Å². The van der Waals surface area contributed by atoms with E-state index in [1.54, 1.807) is 42.5 Å². The number of amides is 1. The quantitative estimate of drug-likeness (QED) is 0.232. The molecule has 0 saturated carbocycles. The molecular formula is C28H27ClN4O4S. The Labute approximate surface area is 227 Å². The molecule has 0 aliphatic heterocycles. The first-order valence-electron chi connectivity index (χ1n) is 11.7. The molecule has 196 valence electrons. The molecule has 3 aromatic carbocycles. The Hall–Kier alpha value is -4.08. The molecule has 0 saturated heterocycles. The van der Waals surface area contributed by atoms with E-state index >= 15 is 0 Å². The van der Waals surface area contributed by atoms with Crippen LogP contribution in [-0.4, -0.2) is 38.8 Å². The van der Waals surface area contributed by atoms with Gasteiger partial charge in [0, 0.05) is 27.7 Å². The van der Waals surface area contributed by atoms with Gasteiger partial charge in [-0.2, -0.15) is 5.10 Å². The summed E-state index contributed by atoms with van der Waals surface area (Å²) in [7, 11) is -2.54. The van der Waals surface area contributed by atoms with Crippen molar-refractivity contribution in [2.45, 2.75) is 18.7 Å². The number of rotatable bonds is 9. The van der Waals surface area contributed by atoms with Crippen molar-refractivity contribution in [2.75, 3.05) is 18.0 Å². The molecule has 0 radical (unpaired) electrons. The molecule has 8 nitrogen and oxygen atoms in total. The number of aryl methyl sites for hydroxylation is 1. The Bertz CT molecular complexity index is 1550. The predicted molar refractivity (Wildman–Crippen MR) is 150 cm³/mol. The second-order valence-corrected chi connectivity index (χ2v) is 10.8. The number of nitrogens with one attached hydrogen (secondary N) is 1. The first-order chi connectivity index (χ1) is 18.2. The highest BCUT2D eigenvalue weighted by molar-refractivity contribution is 7.92. The van der Waals surface area contributed by atoms with Crippen molar-refractivity contribution in [3.05, 3.63) is 107 Å². The maximum Gasteiger partial charge on any atom is 0.264 e. The Kier molecular flexibility index (Phi) is 8.19. The van der Waals surface area contributed by atoms with E-state index in [4.69, 9.17) is 16.3 Å². The molecule has 38 heavy (non-hydrogen) atoms. The van der Waals surface area contributed by atoms with E-state index in [-0.39, 0.29) is 4.90 Å². The van der Waals surface area contributed by atoms with Gasteiger partial charge in [-0.3, -0.25) is 9.10 Å². The number of para-hydroxylation sites is 1. The lowest BCUT2D eigenvalue weighted by Gasteiger charge is -2.23. The molecule has 1 N–H and O–H groups in total. The van der Waals surface area contributed by atoms with Gasteiger partial charge in [-0.15, -0.1) is 0 Å². The van der Waals surface area contributed by atoms with Crippen molar-refractivity contribution in [1.29, 1.82) is 0 Å². The summed E-state index contributed by atoms with van der Waals surface area (Å²) in [5, 5.41) is 4.74. The summed E-state index contributed by atoms with van der Waals surface area (Å²) in [6.45, 7) is 3.46. The zero-order valence-corrected chi connectivity index (χ0v) is 22.7. The van der Waals surface area contributed by atoms with Gasteiger partial charge in [0.15, 0.2) is 0 Å². The fraction of sp³-hybridized carbons (Fsp3) is 0.143. The van der Waals surface area contributed by atoms with Gasteiger partial charge in [0.1, 0.15) is 12.3 Å². The molecule has 0 bridgehead atoms.